The second-order valence-electron chi connectivity index (χ2n) is 4.23. The normalized spacial score (nSPS) is 15.0. The largest absolute Gasteiger partial charge is 0.389 e. The summed E-state index contributed by atoms with van der Waals surface area (Å²) < 4.78 is 1.90. The summed E-state index contributed by atoms with van der Waals surface area (Å²) >= 11 is 1.69. The highest BCUT2D eigenvalue weighted by molar-refractivity contribution is 7.99. The topological polar surface area (TPSA) is 77.0 Å². The van der Waals surface area contributed by atoms with E-state index in [1.54, 1.807) is 25.0 Å². The van der Waals surface area contributed by atoms with Crippen molar-refractivity contribution in [3.63, 3.8) is 0 Å². The average Bonchev–Trinajstić information content (AvgIpc) is 2.64. The zero-order chi connectivity index (χ0) is 12.0. The second-order valence-corrected chi connectivity index (χ2v) is 5.29. The third kappa shape index (κ3) is 4.51. The number of aryl methyl sites for hydroxylation is 1. The summed E-state index contributed by atoms with van der Waals surface area (Å²) in [7, 11) is 1.93. The molecule has 92 valence electrons. The molecule has 0 fully saturated rings. The lowest BCUT2D eigenvalue weighted by molar-refractivity contribution is 0.0577. The van der Waals surface area contributed by atoms with Gasteiger partial charge in [-0.25, -0.2) is 0 Å². The fourth-order valence-electron chi connectivity index (χ4n) is 1.28. The van der Waals surface area contributed by atoms with Gasteiger partial charge in [0, 0.05) is 19.3 Å². The summed E-state index contributed by atoms with van der Waals surface area (Å²) in [6, 6.07) is 0. The monoisotopic (exact) mass is 244 g/mol. The first-order valence-corrected chi connectivity index (χ1v) is 6.43. The second kappa shape index (κ2) is 6.22. The highest BCUT2D eigenvalue weighted by atomic mass is 32.2. The molecule has 0 saturated carbocycles. The molecule has 16 heavy (non-hydrogen) atoms. The zero-order valence-electron chi connectivity index (χ0n) is 9.89. The van der Waals surface area contributed by atoms with E-state index in [2.05, 4.69) is 10.2 Å². The quantitative estimate of drug-likeness (QED) is 0.548. The number of rotatable bonds is 7. The summed E-state index contributed by atoms with van der Waals surface area (Å²) in [5, 5.41) is 18.4. The van der Waals surface area contributed by atoms with Crippen molar-refractivity contribution in [2.75, 3.05) is 12.3 Å². The molecule has 0 radical (unpaired) electrons. The van der Waals surface area contributed by atoms with Crippen LogP contribution in [-0.2, 0) is 7.05 Å². The predicted molar refractivity (Wildman–Crippen MR) is 65.3 cm³/mol. The van der Waals surface area contributed by atoms with Crippen LogP contribution in [0.25, 0.3) is 0 Å². The highest BCUT2D eigenvalue weighted by Gasteiger charge is 2.16. The summed E-state index contributed by atoms with van der Waals surface area (Å²) in [4.78, 5) is 0. The van der Waals surface area contributed by atoms with Gasteiger partial charge in [-0.3, -0.25) is 0 Å². The number of nitrogens with zero attached hydrogens (tertiary/aromatic N) is 3. The average molecular weight is 244 g/mol. The Morgan fingerprint density at radius 3 is 2.88 bits per heavy atom. The first-order valence-electron chi connectivity index (χ1n) is 5.44. The minimum atomic E-state index is -0.713. The summed E-state index contributed by atoms with van der Waals surface area (Å²) in [5.41, 5.74) is 4.73. The van der Waals surface area contributed by atoms with Crippen LogP contribution in [-0.4, -0.2) is 37.8 Å². The number of nitrogens with two attached hydrogens (primary N) is 1. The lowest BCUT2D eigenvalue weighted by atomic mass is 10.00. The zero-order valence-corrected chi connectivity index (χ0v) is 10.7. The SMILES string of the molecule is Cn1cnnc1SCCCCC(C)(O)CN. The van der Waals surface area contributed by atoms with Crippen LogP contribution in [0.1, 0.15) is 26.2 Å². The molecule has 1 aromatic rings. The smallest absolute Gasteiger partial charge is 0.190 e. The lowest BCUT2D eigenvalue weighted by Gasteiger charge is -2.20. The lowest BCUT2D eigenvalue weighted by Crippen LogP contribution is -2.33. The molecule has 0 bridgehead atoms. The number of aromatic nitrogens is 3. The maximum Gasteiger partial charge on any atom is 0.190 e. The van der Waals surface area contributed by atoms with E-state index in [9.17, 15) is 5.11 Å². The van der Waals surface area contributed by atoms with Crippen LogP contribution in [0, 0.1) is 0 Å². The van der Waals surface area contributed by atoms with Crippen molar-refractivity contribution >= 4 is 11.8 Å². The molecule has 1 unspecified atom stereocenters. The van der Waals surface area contributed by atoms with Gasteiger partial charge < -0.3 is 15.4 Å². The first kappa shape index (κ1) is 13.5. The van der Waals surface area contributed by atoms with Crippen LogP contribution in [0.4, 0.5) is 0 Å². The predicted octanol–water partition coefficient (Wildman–Crippen LogP) is 0.787. The van der Waals surface area contributed by atoms with Gasteiger partial charge in [-0.2, -0.15) is 0 Å². The molecule has 0 aliphatic carbocycles. The van der Waals surface area contributed by atoms with Crippen LogP contribution in [0.15, 0.2) is 11.5 Å². The summed E-state index contributed by atoms with van der Waals surface area (Å²) in [6.45, 7) is 2.10. The van der Waals surface area contributed by atoms with Crippen molar-refractivity contribution < 1.29 is 5.11 Å². The minimum Gasteiger partial charge on any atom is -0.389 e. The van der Waals surface area contributed by atoms with E-state index in [1.807, 2.05) is 11.6 Å². The number of aliphatic hydroxyl groups is 1. The molecular weight excluding hydrogens is 224 g/mol. The van der Waals surface area contributed by atoms with Crippen LogP contribution < -0.4 is 5.73 Å². The van der Waals surface area contributed by atoms with Gasteiger partial charge in [-0.05, 0) is 26.2 Å². The van der Waals surface area contributed by atoms with E-state index in [0.29, 0.717) is 6.54 Å². The van der Waals surface area contributed by atoms with Gasteiger partial charge in [-0.15, -0.1) is 10.2 Å². The van der Waals surface area contributed by atoms with E-state index in [1.165, 1.54) is 0 Å². The molecule has 1 atom stereocenters. The Morgan fingerprint density at radius 1 is 1.56 bits per heavy atom. The van der Waals surface area contributed by atoms with Gasteiger partial charge >= 0.3 is 0 Å². The van der Waals surface area contributed by atoms with Crippen molar-refractivity contribution in [1.29, 1.82) is 0 Å². The summed E-state index contributed by atoms with van der Waals surface area (Å²) in [5.74, 6) is 0.993. The van der Waals surface area contributed by atoms with Crippen molar-refractivity contribution in [1.82, 2.24) is 14.8 Å². The van der Waals surface area contributed by atoms with Gasteiger partial charge in [0.25, 0.3) is 0 Å². The Hall–Kier alpha value is -0.590. The Labute approximate surface area is 100 Å². The highest BCUT2D eigenvalue weighted by Crippen LogP contribution is 2.18. The number of hydrogen-bond acceptors (Lipinski definition) is 5. The van der Waals surface area contributed by atoms with Crippen molar-refractivity contribution in [2.45, 2.75) is 36.9 Å². The van der Waals surface area contributed by atoms with E-state index in [4.69, 9.17) is 5.73 Å². The van der Waals surface area contributed by atoms with Gasteiger partial charge in [0.15, 0.2) is 5.16 Å². The van der Waals surface area contributed by atoms with E-state index < -0.39 is 5.60 Å². The van der Waals surface area contributed by atoms with E-state index >= 15 is 0 Å². The number of thioether (sulfide) groups is 1. The van der Waals surface area contributed by atoms with Gasteiger partial charge in [-0.1, -0.05) is 11.8 Å². The number of hydrogen-bond donors (Lipinski definition) is 2. The Morgan fingerprint density at radius 2 is 2.31 bits per heavy atom. The molecule has 1 aromatic heterocycles. The molecule has 0 aliphatic heterocycles. The Kier molecular flexibility index (Phi) is 5.24. The fourth-order valence-corrected chi connectivity index (χ4v) is 2.16. The molecule has 0 spiro atoms. The fraction of sp³-hybridized carbons (Fsp3) is 0.800. The van der Waals surface area contributed by atoms with E-state index in [-0.39, 0.29) is 0 Å². The summed E-state index contributed by atoms with van der Waals surface area (Å²) in [6.07, 6.45) is 4.48. The van der Waals surface area contributed by atoms with Crippen LogP contribution in [0.5, 0.6) is 0 Å². The molecular formula is C10H20N4OS. The molecule has 0 saturated heterocycles. The molecule has 1 heterocycles. The van der Waals surface area contributed by atoms with Gasteiger partial charge in [0.2, 0.25) is 0 Å². The molecule has 5 nitrogen and oxygen atoms in total. The maximum absolute atomic E-state index is 9.69. The number of unbranched alkanes of at least 4 members (excludes halogenated alkanes) is 1. The molecule has 0 aliphatic rings. The van der Waals surface area contributed by atoms with Gasteiger partial charge in [0.05, 0.1) is 5.60 Å². The third-order valence-electron chi connectivity index (χ3n) is 2.45. The van der Waals surface area contributed by atoms with Crippen LogP contribution in [0.2, 0.25) is 0 Å². The van der Waals surface area contributed by atoms with Crippen molar-refractivity contribution in [3.05, 3.63) is 6.33 Å². The molecule has 1 rings (SSSR count). The molecule has 0 aromatic carbocycles. The van der Waals surface area contributed by atoms with Crippen LogP contribution in [0.3, 0.4) is 0 Å². The molecule has 0 amide bonds. The Bertz CT molecular complexity index is 314. The molecule has 3 N–H and O–H groups in total. The Balaban J connectivity index is 2.11. The minimum absolute atomic E-state index is 0.323. The van der Waals surface area contributed by atoms with Crippen molar-refractivity contribution in [2.24, 2.45) is 12.8 Å². The third-order valence-corrected chi connectivity index (χ3v) is 3.57. The van der Waals surface area contributed by atoms with Crippen LogP contribution >= 0.6 is 11.8 Å². The maximum atomic E-state index is 9.69. The first-order chi connectivity index (χ1) is 7.55. The molecule has 6 heteroatoms. The standard InChI is InChI=1S/C10H20N4OS/c1-10(15,7-11)5-3-4-6-16-9-13-12-8-14(9)2/h8,15H,3-7,11H2,1-2H3. The van der Waals surface area contributed by atoms with Crippen molar-refractivity contribution in [3.8, 4) is 0 Å². The van der Waals surface area contributed by atoms with Gasteiger partial charge in [0.1, 0.15) is 6.33 Å². The van der Waals surface area contributed by atoms with E-state index in [0.717, 1.165) is 30.2 Å².